The number of nitrogens with zero attached hydrogens (tertiary/aromatic N) is 4. The molecule has 2 aromatic heterocycles. The Labute approximate surface area is 177 Å². The van der Waals surface area contributed by atoms with Gasteiger partial charge in [0.2, 0.25) is 0 Å². The molecule has 0 aliphatic rings. The van der Waals surface area contributed by atoms with Crippen molar-refractivity contribution in [3.8, 4) is 23.1 Å². The molecule has 0 radical (unpaired) electrons. The summed E-state index contributed by atoms with van der Waals surface area (Å²) in [4.78, 5) is 16.8. The van der Waals surface area contributed by atoms with Crippen LogP contribution in [0, 0.1) is 11.3 Å². The van der Waals surface area contributed by atoms with Gasteiger partial charge in [0.05, 0.1) is 33.7 Å². The van der Waals surface area contributed by atoms with E-state index in [0.717, 1.165) is 27.8 Å². The summed E-state index contributed by atoms with van der Waals surface area (Å²) in [7, 11) is 1.94. The molecule has 0 aliphatic carbocycles. The minimum Gasteiger partial charge on any atom is -0.486 e. The fourth-order valence-electron chi connectivity index (χ4n) is 3.63. The van der Waals surface area contributed by atoms with E-state index in [1.54, 1.807) is 30.3 Å². The first-order valence-corrected chi connectivity index (χ1v) is 9.70. The largest absolute Gasteiger partial charge is 0.486 e. The van der Waals surface area contributed by atoms with E-state index in [9.17, 15) is 4.79 Å². The predicted molar refractivity (Wildman–Crippen MR) is 118 cm³/mol. The first-order chi connectivity index (χ1) is 15.1. The summed E-state index contributed by atoms with van der Waals surface area (Å²) < 4.78 is 7.83. The van der Waals surface area contributed by atoms with Crippen LogP contribution < -0.4 is 10.3 Å². The van der Waals surface area contributed by atoms with E-state index in [0.29, 0.717) is 29.0 Å². The van der Waals surface area contributed by atoms with Crippen molar-refractivity contribution >= 4 is 21.8 Å². The van der Waals surface area contributed by atoms with Gasteiger partial charge in [0.25, 0.3) is 5.56 Å². The van der Waals surface area contributed by atoms with Gasteiger partial charge in [0.1, 0.15) is 18.2 Å². The molecular formula is C24H17N5O2. The summed E-state index contributed by atoms with van der Waals surface area (Å²) in [6.45, 7) is 0.298. The Morgan fingerprint density at radius 3 is 2.61 bits per heavy atom. The minimum absolute atomic E-state index is 0.208. The van der Waals surface area contributed by atoms with E-state index in [2.05, 4.69) is 16.3 Å². The van der Waals surface area contributed by atoms with Crippen molar-refractivity contribution < 1.29 is 4.74 Å². The Hall–Kier alpha value is -4.44. The zero-order valence-electron chi connectivity index (χ0n) is 16.7. The molecule has 0 fully saturated rings. The monoisotopic (exact) mass is 407 g/mol. The third-order valence-electron chi connectivity index (χ3n) is 5.29. The summed E-state index contributed by atoms with van der Waals surface area (Å²) in [6.07, 6.45) is 0. The summed E-state index contributed by atoms with van der Waals surface area (Å²) >= 11 is 0. The molecule has 0 saturated heterocycles. The van der Waals surface area contributed by atoms with Gasteiger partial charge in [-0.05, 0) is 42.5 Å². The molecule has 31 heavy (non-hydrogen) atoms. The Balaban J connectivity index is 1.49. The average Bonchev–Trinajstić information content (AvgIpc) is 3.13. The lowest BCUT2D eigenvalue weighted by molar-refractivity contribution is 0.292. The van der Waals surface area contributed by atoms with Gasteiger partial charge >= 0.3 is 0 Å². The second-order valence-electron chi connectivity index (χ2n) is 7.16. The van der Waals surface area contributed by atoms with Gasteiger partial charge in [-0.1, -0.05) is 24.3 Å². The molecule has 0 atom stereocenters. The highest BCUT2D eigenvalue weighted by Crippen LogP contribution is 2.27. The summed E-state index contributed by atoms with van der Waals surface area (Å²) in [5.74, 6) is 1.45. The van der Waals surface area contributed by atoms with E-state index in [1.165, 1.54) is 0 Å². The third-order valence-corrected chi connectivity index (χ3v) is 5.29. The van der Waals surface area contributed by atoms with Crippen molar-refractivity contribution in [1.29, 1.82) is 5.26 Å². The number of fused-ring (bicyclic) bond motifs is 2. The number of nitriles is 1. The number of hydrogen-bond donors (Lipinski definition) is 1. The fraction of sp³-hybridized carbons (Fsp3) is 0.0833. The lowest BCUT2D eigenvalue weighted by Gasteiger charge is -2.06. The van der Waals surface area contributed by atoms with E-state index < -0.39 is 0 Å². The van der Waals surface area contributed by atoms with Crippen molar-refractivity contribution in [1.82, 2.24) is 19.7 Å². The van der Waals surface area contributed by atoms with Gasteiger partial charge in [0.15, 0.2) is 0 Å². The Morgan fingerprint density at radius 1 is 1.06 bits per heavy atom. The summed E-state index contributed by atoms with van der Waals surface area (Å²) in [5.41, 5.74) is 3.74. The topological polar surface area (TPSA) is 96.6 Å². The number of nitrogens with one attached hydrogen (secondary N) is 1. The van der Waals surface area contributed by atoms with Crippen molar-refractivity contribution in [2.45, 2.75) is 6.61 Å². The Kier molecular flexibility index (Phi) is 4.45. The smallest absolute Gasteiger partial charge is 0.272 e. The van der Waals surface area contributed by atoms with Gasteiger partial charge in [0, 0.05) is 18.0 Å². The van der Waals surface area contributed by atoms with Gasteiger partial charge in [-0.2, -0.15) is 10.4 Å². The quantitative estimate of drug-likeness (QED) is 0.487. The molecule has 0 bridgehead atoms. The van der Waals surface area contributed by atoms with E-state index in [1.807, 2.05) is 48.0 Å². The number of benzene rings is 3. The number of ether oxygens (including phenoxy) is 1. The highest BCUT2D eigenvalue weighted by Gasteiger charge is 2.13. The van der Waals surface area contributed by atoms with Crippen LogP contribution in [0.25, 0.3) is 33.1 Å². The van der Waals surface area contributed by atoms with Crippen LogP contribution >= 0.6 is 0 Å². The fourth-order valence-corrected chi connectivity index (χ4v) is 3.63. The standard InChI is InChI=1S/C24H17N5O2/c1-29-21-11-8-16(23-18-4-2-3-5-19(18)24(30)28-27-23)12-20(21)26-22(29)14-31-17-9-6-15(13-25)7-10-17/h2-12H,14H2,1H3,(H,28,30). The molecule has 0 spiro atoms. The third kappa shape index (κ3) is 3.30. The molecule has 0 saturated carbocycles. The highest BCUT2D eigenvalue weighted by atomic mass is 16.5. The summed E-state index contributed by atoms with van der Waals surface area (Å²) in [6, 6.07) is 22.4. The molecule has 2 heterocycles. The molecule has 3 aromatic carbocycles. The number of rotatable bonds is 4. The molecule has 7 nitrogen and oxygen atoms in total. The predicted octanol–water partition coefficient (Wildman–Crippen LogP) is 3.93. The van der Waals surface area contributed by atoms with Gasteiger partial charge in [-0.25, -0.2) is 10.1 Å². The van der Waals surface area contributed by atoms with E-state index in [4.69, 9.17) is 15.0 Å². The SMILES string of the molecule is Cn1c(COc2ccc(C#N)cc2)nc2cc(-c3n[nH]c(=O)c4ccccc34)ccc21. The maximum absolute atomic E-state index is 12.1. The number of H-pyrrole nitrogens is 1. The number of aromatic nitrogens is 4. The van der Waals surface area contributed by atoms with Gasteiger partial charge in [-0.15, -0.1) is 0 Å². The Morgan fingerprint density at radius 2 is 1.84 bits per heavy atom. The van der Waals surface area contributed by atoms with Crippen LogP contribution in [0.1, 0.15) is 11.4 Å². The number of hydrogen-bond acceptors (Lipinski definition) is 5. The van der Waals surface area contributed by atoms with Crippen LogP contribution in [-0.2, 0) is 13.7 Å². The second-order valence-corrected chi connectivity index (χ2v) is 7.16. The average molecular weight is 407 g/mol. The van der Waals surface area contributed by atoms with Crippen molar-refractivity contribution in [3.05, 3.63) is 88.5 Å². The highest BCUT2D eigenvalue weighted by molar-refractivity contribution is 5.95. The first kappa shape index (κ1) is 18.6. The molecule has 0 unspecified atom stereocenters. The zero-order chi connectivity index (χ0) is 21.4. The second kappa shape index (κ2) is 7.43. The summed E-state index contributed by atoms with van der Waals surface area (Å²) in [5, 5.41) is 17.2. The molecule has 7 heteroatoms. The van der Waals surface area contributed by atoms with Crippen LogP contribution in [0.15, 0.2) is 71.5 Å². The zero-order valence-corrected chi connectivity index (χ0v) is 16.7. The van der Waals surface area contributed by atoms with Crippen molar-refractivity contribution in [2.24, 2.45) is 7.05 Å². The molecular weight excluding hydrogens is 390 g/mol. The molecule has 1 N–H and O–H groups in total. The Bertz CT molecular complexity index is 1520. The lowest BCUT2D eigenvalue weighted by atomic mass is 10.0. The minimum atomic E-state index is -0.208. The molecule has 0 amide bonds. The molecule has 5 rings (SSSR count). The number of aromatic amines is 1. The maximum atomic E-state index is 12.1. The van der Waals surface area contributed by atoms with Crippen molar-refractivity contribution in [2.75, 3.05) is 0 Å². The number of aryl methyl sites for hydroxylation is 1. The van der Waals surface area contributed by atoms with Crippen LogP contribution in [0.2, 0.25) is 0 Å². The molecule has 150 valence electrons. The van der Waals surface area contributed by atoms with Crippen LogP contribution in [-0.4, -0.2) is 19.7 Å². The number of imidazole rings is 1. The van der Waals surface area contributed by atoms with Gasteiger partial charge < -0.3 is 9.30 Å². The van der Waals surface area contributed by atoms with Crippen LogP contribution in [0.5, 0.6) is 5.75 Å². The molecule has 0 aliphatic heterocycles. The van der Waals surface area contributed by atoms with E-state index in [-0.39, 0.29) is 5.56 Å². The maximum Gasteiger partial charge on any atom is 0.272 e. The van der Waals surface area contributed by atoms with Crippen molar-refractivity contribution in [3.63, 3.8) is 0 Å². The first-order valence-electron chi connectivity index (χ1n) is 9.70. The lowest BCUT2D eigenvalue weighted by Crippen LogP contribution is -2.09. The van der Waals surface area contributed by atoms with E-state index >= 15 is 0 Å². The van der Waals surface area contributed by atoms with Crippen LogP contribution in [0.3, 0.4) is 0 Å². The normalized spacial score (nSPS) is 11.0. The van der Waals surface area contributed by atoms with Gasteiger partial charge in [-0.3, -0.25) is 4.79 Å². The molecule has 5 aromatic rings. The van der Waals surface area contributed by atoms with Crippen LogP contribution in [0.4, 0.5) is 0 Å².